The summed E-state index contributed by atoms with van der Waals surface area (Å²) in [6.45, 7) is 5.98. The van der Waals surface area contributed by atoms with Gasteiger partial charge in [-0.1, -0.05) is 25.9 Å². The van der Waals surface area contributed by atoms with Crippen molar-refractivity contribution in [1.29, 1.82) is 0 Å². The Labute approximate surface area is 87.9 Å². The van der Waals surface area contributed by atoms with Gasteiger partial charge in [-0.15, -0.1) is 0 Å². The van der Waals surface area contributed by atoms with E-state index in [4.69, 9.17) is 4.52 Å². The fraction of sp³-hybridized carbons (Fsp3) is 0.556. The van der Waals surface area contributed by atoms with E-state index in [1.807, 2.05) is 20.8 Å². The molecule has 0 saturated heterocycles. The van der Waals surface area contributed by atoms with Crippen LogP contribution in [0.5, 0.6) is 0 Å². The summed E-state index contributed by atoms with van der Waals surface area (Å²) in [6.07, 6.45) is 0. The highest BCUT2D eigenvalue weighted by molar-refractivity contribution is 5.87. The summed E-state index contributed by atoms with van der Waals surface area (Å²) in [4.78, 5) is 15.5. The Morgan fingerprint density at radius 2 is 2.20 bits per heavy atom. The maximum Gasteiger partial charge on any atom is 0.344 e. The van der Waals surface area contributed by atoms with E-state index in [9.17, 15) is 4.79 Å². The monoisotopic (exact) mass is 213 g/mol. The second kappa shape index (κ2) is 4.31. The van der Waals surface area contributed by atoms with Crippen molar-refractivity contribution in [2.75, 3.05) is 12.4 Å². The molecule has 0 radical (unpaired) electrons. The van der Waals surface area contributed by atoms with E-state index in [0.717, 1.165) is 0 Å². The molecule has 0 bridgehead atoms. The van der Waals surface area contributed by atoms with Gasteiger partial charge in [0.15, 0.2) is 5.82 Å². The maximum atomic E-state index is 11.0. The van der Waals surface area contributed by atoms with Crippen LogP contribution >= 0.6 is 0 Å². The number of aromatic nitrogens is 1. The highest BCUT2D eigenvalue weighted by Crippen LogP contribution is 2.24. The number of nitrogens with one attached hydrogen (secondary N) is 2. The molecular weight excluding hydrogens is 198 g/mol. The SMILES string of the molecule is CONC(=O)Nc1cc(C(C)(C)C)on1. The molecular formula is C9H15N3O3. The Kier molecular flexibility index (Phi) is 3.31. The minimum Gasteiger partial charge on any atom is -0.359 e. The molecule has 0 aromatic carbocycles. The van der Waals surface area contributed by atoms with Crippen molar-refractivity contribution in [1.82, 2.24) is 10.6 Å². The lowest BCUT2D eigenvalue weighted by Gasteiger charge is -2.11. The van der Waals surface area contributed by atoms with Gasteiger partial charge in [0.25, 0.3) is 0 Å². The first-order valence-electron chi connectivity index (χ1n) is 4.50. The van der Waals surface area contributed by atoms with Crippen LogP contribution in [0.4, 0.5) is 10.6 Å². The molecule has 0 aliphatic carbocycles. The van der Waals surface area contributed by atoms with Crippen LogP contribution in [0.25, 0.3) is 0 Å². The van der Waals surface area contributed by atoms with Gasteiger partial charge in [0.05, 0.1) is 7.11 Å². The average molecular weight is 213 g/mol. The van der Waals surface area contributed by atoms with Crippen LogP contribution in [0.1, 0.15) is 26.5 Å². The second-order valence-corrected chi connectivity index (χ2v) is 4.09. The first-order chi connectivity index (χ1) is 6.93. The summed E-state index contributed by atoms with van der Waals surface area (Å²) in [5.41, 5.74) is 1.98. The normalized spacial score (nSPS) is 11.2. The zero-order valence-corrected chi connectivity index (χ0v) is 9.25. The number of rotatable bonds is 2. The first kappa shape index (κ1) is 11.5. The third-order valence-corrected chi connectivity index (χ3v) is 1.69. The van der Waals surface area contributed by atoms with E-state index in [1.165, 1.54) is 7.11 Å². The maximum absolute atomic E-state index is 11.0. The lowest BCUT2D eigenvalue weighted by Crippen LogP contribution is -2.27. The van der Waals surface area contributed by atoms with Crippen molar-refractivity contribution >= 4 is 11.8 Å². The van der Waals surface area contributed by atoms with Crippen molar-refractivity contribution in [3.63, 3.8) is 0 Å². The number of amides is 2. The lowest BCUT2D eigenvalue weighted by atomic mass is 9.93. The molecule has 0 fully saturated rings. The van der Waals surface area contributed by atoms with Crippen LogP contribution in [0.2, 0.25) is 0 Å². The molecule has 84 valence electrons. The van der Waals surface area contributed by atoms with Gasteiger partial charge in [0.1, 0.15) is 5.76 Å². The molecule has 2 N–H and O–H groups in total. The molecule has 0 saturated carbocycles. The van der Waals surface area contributed by atoms with Crippen molar-refractivity contribution < 1.29 is 14.2 Å². The predicted molar refractivity (Wildman–Crippen MR) is 54.4 cm³/mol. The fourth-order valence-corrected chi connectivity index (χ4v) is 0.922. The van der Waals surface area contributed by atoms with E-state index >= 15 is 0 Å². The number of hydroxylamine groups is 1. The minimum atomic E-state index is -0.494. The molecule has 6 nitrogen and oxygen atoms in total. The smallest absolute Gasteiger partial charge is 0.344 e. The third kappa shape index (κ3) is 3.25. The number of urea groups is 1. The van der Waals surface area contributed by atoms with Crippen LogP contribution in [0.15, 0.2) is 10.6 Å². The molecule has 15 heavy (non-hydrogen) atoms. The molecule has 0 unspecified atom stereocenters. The van der Waals surface area contributed by atoms with Crippen molar-refractivity contribution in [3.05, 3.63) is 11.8 Å². The average Bonchev–Trinajstić information content (AvgIpc) is 2.52. The minimum absolute atomic E-state index is 0.134. The number of carbonyl (C=O) groups is 1. The van der Waals surface area contributed by atoms with E-state index < -0.39 is 6.03 Å². The molecule has 1 aromatic rings. The molecule has 6 heteroatoms. The standard InChI is InChI=1S/C9H15N3O3/c1-9(2,3)6-5-7(11-15-6)10-8(13)12-14-4/h5H,1-4H3,(H2,10,11,12,13). The van der Waals surface area contributed by atoms with Crippen LogP contribution < -0.4 is 10.8 Å². The Balaban J connectivity index is 2.65. The van der Waals surface area contributed by atoms with Crippen LogP contribution in [0.3, 0.4) is 0 Å². The van der Waals surface area contributed by atoms with Gasteiger partial charge in [-0.3, -0.25) is 10.2 Å². The predicted octanol–water partition coefficient (Wildman–Crippen LogP) is 1.65. The fourth-order valence-electron chi connectivity index (χ4n) is 0.922. The van der Waals surface area contributed by atoms with Crippen molar-refractivity contribution in [3.8, 4) is 0 Å². The molecule has 0 atom stereocenters. The van der Waals surface area contributed by atoms with Gasteiger partial charge in [0.2, 0.25) is 0 Å². The van der Waals surface area contributed by atoms with Gasteiger partial charge in [-0.2, -0.15) is 0 Å². The summed E-state index contributed by atoms with van der Waals surface area (Å²) < 4.78 is 5.07. The third-order valence-electron chi connectivity index (χ3n) is 1.69. The van der Waals surface area contributed by atoms with Crippen LogP contribution in [-0.4, -0.2) is 18.3 Å². The van der Waals surface area contributed by atoms with E-state index in [0.29, 0.717) is 11.6 Å². The summed E-state index contributed by atoms with van der Waals surface area (Å²) in [5, 5.41) is 6.16. The summed E-state index contributed by atoms with van der Waals surface area (Å²) in [7, 11) is 1.35. The van der Waals surface area contributed by atoms with Gasteiger partial charge < -0.3 is 4.52 Å². The van der Waals surface area contributed by atoms with Crippen molar-refractivity contribution in [2.45, 2.75) is 26.2 Å². The topological polar surface area (TPSA) is 76.4 Å². The molecule has 1 heterocycles. The van der Waals surface area contributed by atoms with Gasteiger partial charge >= 0.3 is 6.03 Å². The molecule has 2 amide bonds. The zero-order chi connectivity index (χ0) is 11.5. The molecule has 0 spiro atoms. The molecule has 0 aliphatic rings. The van der Waals surface area contributed by atoms with E-state index in [-0.39, 0.29) is 5.41 Å². The Morgan fingerprint density at radius 3 is 2.67 bits per heavy atom. The number of carbonyl (C=O) groups excluding carboxylic acids is 1. The molecule has 1 rings (SSSR count). The highest BCUT2D eigenvalue weighted by atomic mass is 16.6. The van der Waals surface area contributed by atoms with E-state index in [2.05, 4.69) is 20.8 Å². The van der Waals surface area contributed by atoms with Gasteiger partial charge in [0, 0.05) is 11.5 Å². The highest BCUT2D eigenvalue weighted by Gasteiger charge is 2.20. The lowest BCUT2D eigenvalue weighted by molar-refractivity contribution is 0.114. The Hall–Kier alpha value is -1.56. The van der Waals surface area contributed by atoms with Gasteiger partial charge in [-0.25, -0.2) is 10.3 Å². The molecule has 1 aromatic heterocycles. The van der Waals surface area contributed by atoms with Crippen molar-refractivity contribution in [2.24, 2.45) is 0 Å². The number of hydrogen-bond acceptors (Lipinski definition) is 4. The number of nitrogens with zero attached hydrogens (tertiary/aromatic N) is 1. The second-order valence-electron chi connectivity index (χ2n) is 4.09. The van der Waals surface area contributed by atoms with Gasteiger partial charge in [-0.05, 0) is 0 Å². The number of hydrogen-bond donors (Lipinski definition) is 2. The quantitative estimate of drug-likeness (QED) is 0.732. The number of anilines is 1. The summed E-state index contributed by atoms with van der Waals surface area (Å²) in [6, 6.07) is 1.18. The van der Waals surface area contributed by atoms with Crippen LogP contribution in [0, 0.1) is 0 Å². The largest absolute Gasteiger partial charge is 0.359 e. The summed E-state index contributed by atoms with van der Waals surface area (Å²) >= 11 is 0. The first-order valence-corrected chi connectivity index (χ1v) is 4.50. The summed E-state index contributed by atoms with van der Waals surface area (Å²) in [5.74, 6) is 1.06. The zero-order valence-electron chi connectivity index (χ0n) is 9.25. The Bertz CT molecular complexity index is 341. The Morgan fingerprint density at radius 1 is 1.53 bits per heavy atom. The van der Waals surface area contributed by atoms with E-state index in [1.54, 1.807) is 6.07 Å². The van der Waals surface area contributed by atoms with Crippen LogP contribution in [-0.2, 0) is 10.3 Å². The molecule has 0 aliphatic heterocycles.